The van der Waals surface area contributed by atoms with Crippen molar-refractivity contribution in [3.05, 3.63) is 125 Å². The molecule has 0 bridgehead atoms. The van der Waals surface area contributed by atoms with Gasteiger partial charge in [-0.1, -0.05) is 74.5 Å². The lowest BCUT2D eigenvalue weighted by molar-refractivity contribution is -0.138. The fourth-order valence-electron chi connectivity index (χ4n) is 5.51. The molecule has 11 heteroatoms. The van der Waals surface area contributed by atoms with Crippen LogP contribution in [0.25, 0.3) is 0 Å². The molecule has 1 heterocycles. The number of nitrogens with zero attached hydrogens (tertiary/aromatic N) is 4. The first-order chi connectivity index (χ1) is 22.5. The van der Waals surface area contributed by atoms with Crippen molar-refractivity contribution >= 4 is 23.1 Å². The normalized spacial score (nSPS) is 12.7. The van der Waals surface area contributed by atoms with E-state index in [9.17, 15) is 18.0 Å². The molecule has 0 spiro atoms. The number of hydrogen-bond donors (Lipinski definition) is 2. The lowest BCUT2D eigenvalue weighted by atomic mass is 9.88. The second-order valence-electron chi connectivity index (χ2n) is 11.9. The van der Waals surface area contributed by atoms with Gasteiger partial charge in [0, 0.05) is 37.9 Å². The van der Waals surface area contributed by atoms with E-state index < -0.39 is 23.8 Å². The van der Waals surface area contributed by atoms with Crippen molar-refractivity contribution in [3.8, 4) is 6.07 Å². The van der Waals surface area contributed by atoms with Crippen LogP contribution in [-0.2, 0) is 36.9 Å². The fraction of sp³-hybridized carbons (Fsp3) is 0.333. The van der Waals surface area contributed by atoms with Crippen LogP contribution in [0.2, 0.25) is 0 Å². The van der Waals surface area contributed by atoms with E-state index in [0.717, 1.165) is 17.2 Å². The number of ketones is 1. The first-order valence-corrected chi connectivity index (χ1v) is 15.9. The van der Waals surface area contributed by atoms with Gasteiger partial charge in [-0.15, -0.1) is 0 Å². The van der Waals surface area contributed by atoms with Crippen molar-refractivity contribution in [3.63, 3.8) is 0 Å². The molecule has 0 aliphatic carbocycles. The average molecular weight is 661 g/mol. The van der Waals surface area contributed by atoms with Crippen LogP contribution < -0.4 is 11.1 Å². The number of Topliss-reactive ketones (excluding diaryl/α,β-unsaturated/α-hetero) is 1. The second kappa shape index (κ2) is 16.3. The highest BCUT2D eigenvalue weighted by molar-refractivity contribution is 7.80. The number of nitriles is 1. The zero-order valence-corrected chi connectivity index (χ0v) is 27.3. The summed E-state index contributed by atoms with van der Waals surface area (Å²) in [5.41, 5.74) is 9.35. The molecular weight excluding hydrogens is 621 g/mol. The Kier molecular flexibility index (Phi) is 12.3. The van der Waals surface area contributed by atoms with E-state index in [1.165, 1.54) is 17.0 Å². The standard InChI is InChI=1S/C36H39F3N6OS/c1-25(2)18-31(33(46)19-30-21-42-24-44(30)22-28-14-12-27(20-40)13-15-28)34(41)45(23-29-10-6-7-11-32(29)36(37,38)39)35(47)43-17-16-26-8-4-3-5-9-26/h3-15,21,24-25,31,34H,16-19,22-23,41H2,1-2H3,(H,43,47)/t31-,34?/m1/s1. The van der Waals surface area contributed by atoms with E-state index in [1.807, 2.05) is 60.9 Å². The number of benzene rings is 3. The number of thiocarbonyl (C=S) groups is 1. The van der Waals surface area contributed by atoms with Crippen LogP contribution in [0.4, 0.5) is 13.2 Å². The highest BCUT2D eigenvalue weighted by atomic mass is 32.1. The Morgan fingerprint density at radius 2 is 1.72 bits per heavy atom. The Hall–Kier alpha value is -4.53. The van der Waals surface area contributed by atoms with E-state index in [2.05, 4.69) is 16.4 Å². The highest BCUT2D eigenvalue weighted by Crippen LogP contribution is 2.33. The van der Waals surface area contributed by atoms with Gasteiger partial charge in [0.05, 0.1) is 35.6 Å². The van der Waals surface area contributed by atoms with Crippen molar-refractivity contribution in [2.24, 2.45) is 17.6 Å². The summed E-state index contributed by atoms with van der Waals surface area (Å²) < 4.78 is 43.9. The maximum atomic E-state index is 14.1. The molecule has 47 heavy (non-hydrogen) atoms. The molecule has 0 aliphatic rings. The van der Waals surface area contributed by atoms with E-state index in [-0.39, 0.29) is 35.3 Å². The summed E-state index contributed by atoms with van der Waals surface area (Å²) in [4.78, 5) is 19.8. The molecule has 1 unspecified atom stereocenters. The summed E-state index contributed by atoms with van der Waals surface area (Å²) in [6, 6.07) is 24.4. The van der Waals surface area contributed by atoms with Gasteiger partial charge in [0.2, 0.25) is 0 Å². The molecule has 3 aromatic carbocycles. The Morgan fingerprint density at radius 1 is 1.04 bits per heavy atom. The van der Waals surface area contributed by atoms with E-state index in [1.54, 1.807) is 30.7 Å². The molecule has 4 rings (SSSR count). The molecule has 4 aromatic rings. The van der Waals surface area contributed by atoms with Crippen molar-refractivity contribution in [1.82, 2.24) is 19.8 Å². The predicted octanol–water partition coefficient (Wildman–Crippen LogP) is 6.50. The zero-order valence-electron chi connectivity index (χ0n) is 26.5. The molecule has 246 valence electrons. The number of alkyl halides is 3. The molecule has 1 aromatic heterocycles. The van der Waals surface area contributed by atoms with Crippen LogP contribution in [0.5, 0.6) is 0 Å². The van der Waals surface area contributed by atoms with E-state index in [4.69, 9.17) is 23.2 Å². The quantitative estimate of drug-likeness (QED) is 0.118. The summed E-state index contributed by atoms with van der Waals surface area (Å²) in [5.74, 6) is -0.823. The topological polar surface area (TPSA) is 100.0 Å². The van der Waals surface area contributed by atoms with Gasteiger partial charge in [-0.3, -0.25) is 4.79 Å². The van der Waals surface area contributed by atoms with Crippen LogP contribution in [-0.4, -0.2) is 38.1 Å². The van der Waals surface area contributed by atoms with Gasteiger partial charge in [0.1, 0.15) is 5.78 Å². The van der Waals surface area contributed by atoms with Crippen LogP contribution in [0.3, 0.4) is 0 Å². The van der Waals surface area contributed by atoms with Gasteiger partial charge < -0.3 is 20.5 Å². The number of halogens is 3. The molecular formula is C36H39F3N6OS. The Labute approximate surface area is 279 Å². The fourth-order valence-corrected chi connectivity index (χ4v) is 5.79. The Balaban J connectivity index is 1.59. The number of carbonyl (C=O) groups excluding carboxylic acids is 1. The van der Waals surface area contributed by atoms with Crippen molar-refractivity contribution in [2.75, 3.05) is 6.54 Å². The SMILES string of the molecule is CC(C)C[C@H](C(=O)Cc1cncn1Cc1ccc(C#N)cc1)C(N)N(Cc1ccccc1C(F)(F)F)C(=S)NCCc1ccccc1. The maximum Gasteiger partial charge on any atom is 0.416 e. The molecule has 3 N–H and O–H groups in total. The lowest BCUT2D eigenvalue weighted by Gasteiger charge is -2.37. The van der Waals surface area contributed by atoms with Gasteiger partial charge in [-0.25, -0.2) is 4.98 Å². The molecule has 0 amide bonds. The van der Waals surface area contributed by atoms with Gasteiger partial charge >= 0.3 is 6.18 Å². The number of carbonyl (C=O) groups is 1. The Bertz CT molecular complexity index is 1660. The summed E-state index contributed by atoms with van der Waals surface area (Å²) in [7, 11) is 0. The number of imidazole rings is 1. The van der Waals surface area contributed by atoms with E-state index >= 15 is 0 Å². The van der Waals surface area contributed by atoms with Gasteiger partial charge in [0.25, 0.3) is 0 Å². The molecule has 0 saturated carbocycles. The Morgan fingerprint density at radius 3 is 2.38 bits per heavy atom. The minimum atomic E-state index is -4.57. The van der Waals surface area contributed by atoms with Crippen LogP contribution in [0, 0.1) is 23.2 Å². The van der Waals surface area contributed by atoms with Crippen molar-refractivity contribution in [1.29, 1.82) is 5.26 Å². The van der Waals surface area contributed by atoms with E-state index in [0.29, 0.717) is 37.2 Å². The number of nitrogens with two attached hydrogens (primary N) is 1. The van der Waals surface area contributed by atoms with Crippen molar-refractivity contribution in [2.45, 2.75) is 58.5 Å². The minimum absolute atomic E-state index is 0.0129. The monoisotopic (exact) mass is 660 g/mol. The number of aromatic nitrogens is 2. The molecule has 7 nitrogen and oxygen atoms in total. The zero-order chi connectivity index (χ0) is 34.0. The van der Waals surface area contributed by atoms with Gasteiger partial charge in [-0.2, -0.15) is 18.4 Å². The van der Waals surface area contributed by atoms with Crippen LogP contribution in [0.15, 0.2) is 91.4 Å². The first kappa shape index (κ1) is 35.3. The van der Waals surface area contributed by atoms with Crippen molar-refractivity contribution < 1.29 is 18.0 Å². The number of rotatable bonds is 14. The number of nitrogens with one attached hydrogen (secondary N) is 1. The lowest BCUT2D eigenvalue weighted by Crippen LogP contribution is -2.55. The van der Waals surface area contributed by atoms with Gasteiger partial charge in [-0.05, 0) is 65.9 Å². The van der Waals surface area contributed by atoms with Crippen LogP contribution >= 0.6 is 12.2 Å². The van der Waals surface area contributed by atoms with Gasteiger partial charge in [0.15, 0.2) is 5.11 Å². The third kappa shape index (κ3) is 9.98. The maximum absolute atomic E-state index is 14.1. The minimum Gasteiger partial charge on any atom is -0.362 e. The summed E-state index contributed by atoms with van der Waals surface area (Å²) in [6.07, 6.45) is -1.22. The van der Waals surface area contributed by atoms with Crippen LogP contribution in [0.1, 0.15) is 53.8 Å². The second-order valence-corrected chi connectivity index (χ2v) is 12.3. The molecule has 0 fully saturated rings. The smallest absolute Gasteiger partial charge is 0.362 e. The third-order valence-corrected chi connectivity index (χ3v) is 8.34. The summed E-state index contributed by atoms with van der Waals surface area (Å²) in [5, 5.41) is 12.5. The molecule has 0 radical (unpaired) electrons. The first-order valence-electron chi connectivity index (χ1n) is 15.5. The third-order valence-electron chi connectivity index (χ3n) is 7.96. The summed E-state index contributed by atoms with van der Waals surface area (Å²) in [6.45, 7) is 4.60. The average Bonchev–Trinajstić information content (AvgIpc) is 3.48. The predicted molar refractivity (Wildman–Crippen MR) is 180 cm³/mol. The molecule has 0 aliphatic heterocycles. The number of hydrogen-bond acceptors (Lipinski definition) is 5. The molecule has 2 atom stereocenters. The largest absolute Gasteiger partial charge is 0.416 e. The molecule has 0 saturated heterocycles. The highest BCUT2D eigenvalue weighted by Gasteiger charge is 2.36. The summed E-state index contributed by atoms with van der Waals surface area (Å²) >= 11 is 5.76.